The fourth-order valence-electron chi connectivity index (χ4n) is 4.90. The smallest absolute Gasteiger partial charge is 0.228 e. The molecule has 2 heterocycles. The van der Waals surface area contributed by atoms with E-state index >= 15 is 0 Å². The van der Waals surface area contributed by atoms with Crippen LogP contribution in [0.3, 0.4) is 0 Å². The van der Waals surface area contributed by atoms with Crippen LogP contribution >= 0.6 is 12.4 Å². The van der Waals surface area contributed by atoms with Gasteiger partial charge in [0.25, 0.3) is 0 Å². The minimum atomic E-state index is -2.99. The minimum Gasteiger partial charge on any atom is -0.327 e. The summed E-state index contributed by atoms with van der Waals surface area (Å²) < 4.78 is 25.1. The molecule has 146 valence electrons. The first kappa shape index (κ1) is 19.6. The maximum atomic E-state index is 12.8. The molecule has 1 aromatic rings. The summed E-state index contributed by atoms with van der Waals surface area (Å²) >= 11 is 0. The van der Waals surface area contributed by atoms with Crippen molar-refractivity contribution in [1.29, 1.82) is 0 Å². The number of nitrogens with one attached hydrogen (secondary N) is 1. The van der Waals surface area contributed by atoms with E-state index in [9.17, 15) is 13.2 Å². The topological polar surface area (TPSA) is 107 Å². The van der Waals surface area contributed by atoms with Crippen molar-refractivity contribution < 1.29 is 13.2 Å². The molecule has 0 aromatic carbocycles. The molecule has 1 saturated heterocycles. The van der Waals surface area contributed by atoms with E-state index in [1.807, 2.05) is 0 Å². The Morgan fingerprint density at radius 2 is 1.92 bits per heavy atom. The number of sulfone groups is 1. The first-order valence-electron chi connectivity index (χ1n) is 9.23. The van der Waals surface area contributed by atoms with Crippen LogP contribution in [0, 0.1) is 17.8 Å². The molecule has 1 aliphatic heterocycles. The summed E-state index contributed by atoms with van der Waals surface area (Å²) in [7, 11) is -2.99. The lowest BCUT2D eigenvalue weighted by atomic mass is 9.65. The fourth-order valence-corrected chi connectivity index (χ4v) is 6.60. The number of carbonyl (C=O) groups excluding carboxylic acids is 1. The van der Waals surface area contributed by atoms with Crippen LogP contribution in [-0.2, 0) is 14.6 Å². The molecule has 4 rings (SSSR count). The van der Waals surface area contributed by atoms with E-state index in [2.05, 4.69) is 10.4 Å². The molecule has 7 nitrogen and oxygen atoms in total. The number of rotatable bonds is 3. The number of nitrogens with zero attached hydrogens (tertiary/aromatic N) is 2. The lowest BCUT2D eigenvalue weighted by Crippen LogP contribution is -2.48. The molecule has 2 aliphatic carbocycles. The monoisotopic (exact) mass is 402 g/mol. The lowest BCUT2D eigenvalue weighted by Gasteiger charge is -2.43. The highest BCUT2D eigenvalue weighted by Crippen LogP contribution is 2.42. The van der Waals surface area contributed by atoms with Crippen LogP contribution in [-0.4, -0.2) is 41.7 Å². The van der Waals surface area contributed by atoms with E-state index in [0.717, 1.165) is 25.7 Å². The van der Waals surface area contributed by atoms with Crippen molar-refractivity contribution in [1.82, 2.24) is 9.78 Å². The predicted molar refractivity (Wildman–Crippen MR) is 102 cm³/mol. The van der Waals surface area contributed by atoms with Crippen molar-refractivity contribution in [3.05, 3.63) is 12.3 Å². The average molecular weight is 403 g/mol. The van der Waals surface area contributed by atoms with Crippen molar-refractivity contribution in [3.8, 4) is 0 Å². The summed E-state index contributed by atoms with van der Waals surface area (Å²) in [4.78, 5) is 12.8. The second-order valence-electron chi connectivity index (χ2n) is 7.90. The van der Waals surface area contributed by atoms with Crippen LogP contribution in [0.15, 0.2) is 12.3 Å². The Hall–Kier alpha value is -1.12. The number of amides is 1. The van der Waals surface area contributed by atoms with E-state index in [4.69, 9.17) is 5.73 Å². The molecular weight excluding hydrogens is 376 g/mol. The largest absolute Gasteiger partial charge is 0.327 e. The van der Waals surface area contributed by atoms with Crippen LogP contribution in [0.5, 0.6) is 0 Å². The zero-order valence-electron chi connectivity index (χ0n) is 14.7. The van der Waals surface area contributed by atoms with Crippen molar-refractivity contribution in [2.24, 2.45) is 23.5 Å². The van der Waals surface area contributed by atoms with Gasteiger partial charge in [-0.05, 0) is 43.9 Å². The van der Waals surface area contributed by atoms with Gasteiger partial charge in [-0.2, -0.15) is 5.10 Å². The van der Waals surface area contributed by atoms with Crippen molar-refractivity contribution in [3.63, 3.8) is 0 Å². The van der Waals surface area contributed by atoms with E-state index in [-0.39, 0.29) is 47.8 Å². The van der Waals surface area contributed by atoms with Gasteiger partial charge in [-0.3, -0.25) is 4.79 Å². The van der Waals surface area contributed by atoms with Crippen LogP contribution in [0.2, 0.25) is 0 Å². The van der Waals surface area contributed by atoms with Gasteiger partial charge < -0.3 is 11.1 Å². The lowest BCUT2D eigenvalue weighted by molar-refractivity contribution is -0.122. The van der Waals surface area contributed by atoms with Gasteiger partial charge in [0, 0.05) is 18.0 Å². The normalized spacial score (nSPS) is 35.5. The molecule has 3 aliphatic rings. The highest BCUT2D eigenvalue weighted by Gasteiger charge is 2.40. The molecular formula is C17H27ClN4O3S. The van der Waals surface area contributed by atoms with Crippen LogP contribution in [0.1, 0.15) is 44.6 Å². The third kappa shape index (κ3) is 3.77. The fraction of sp³-hybridized carbons (Fsp3) is 0.765. The summed E-state index contributed by atoms with van der Waals surface area (Å²) in [5, 5.41) is 7.24. The summed E-state index contributed by atoms with van der Waals surface area (Å²) in [5.74, 6) is 1.81. The quantitative estimate of drug-likeness (QED) is 0.800. The Balaban J connectivity index is 0.00000196. The van der Waals surface area contributed by atoms with Gasteiger partial charge in [0.05, 0.1) is 23.7 Å². The summed E-state index contributed by atoms with van der Waals surface area (Å²) in [6.07, 6.45) is 7.35. The zero-order chi connectivity index (χ0) is 17.6. The molecule has 2 saturated carbocycles. The van der Waals surface area contributed by atoms with Gasteiger partial charge in [-0.15, -0.1) is 12.4 Å². The first-order chi connectivity index (χ1) is 11.9. The van der Waals surface area contributed by atoms with Crippen LogP contribution in [0.25, 0.3) is 0 Å². The molecule has 26 heavy (non-hydrogen) atoms. The van der Waals surface area contributed by atoms with Crippen molar-refractivity contribution >= 4 is 34.0 Å². The number of nitrogens with two attached hydrogens (primary N) is 1. The molecule has 2 bridgehead atoms. The molecule has 3 atom stereocenters. The molecule has 3 fully saturated rings. The molecule has 3 unspecified atom stereocenters. The van der Waals surface area contributed by atoms with Crippen LogP contribution in [0.4, 0.5) is 5.82 Å². The highest BCUT2D eigenvalue weighted by molar-refractivity contribution is 7.91. The molecule has 0 radical (unpaired) electrons. The number of carbonyl (C=O) groups is 1. The first-order valence-corrected chi connectivity index (χ1v) is 11.1. The average Bonchev–Trinajstić information content (AvgIpc) is 3.12. The maximum absolute atomic E-state index is 12.8. The summed E-state index contributed by atoms with van der Waals surface area (Å²) in [6, 6.07) is 1.81. The third-order valence-corrected chi connectivity index (χ3v) is 8.01. The zero-order valence-corrected chi connectivity index (χ0v) is 16.3. The van der Waals surface area contributed by atoms with Crippen LogP contribution < -0.4 is 11.1 Å². The molecule has 3 N–H and O–H groups in total. The number of fused-ring (bicyclic) bond motifs is 2. The van der Waals surface area contributed by atoms with Gasteiger partial charge in [-0.1, -0.05) is 6.42 Å². The van der Waals surface area contributed by atoms with Crippen molar-refractivity contribution in [2.45, 2.75) is 50.6 Å². The number of hydrogen-bond donors (Lipinski definition) is 2. The summed E-state index contributed by atoms with van der Waals surface area (Å²) in [6.45, 7) is 0. The maximum Gasteiger partial charge on any atom is 0.228 e. The Kier molecular flexibility index (Phi) is 5.65. The third-order valence-electron chi connectivity index (χ3n) is 6.26. The number of anilines is 1. The second kappa shape index (κ2) is 7.48. The van der Waals surface area contributed by atoms with Crippen molar-refractivity contribution in [2.75, 3.05) is 16.8 Å². The molecule has 1 amide bonds. The standard InChI is InChI=1S/C17H26N4O3S.ClH/c18-16-11-2-1-3-12(16)9-13(8-11)17(22)20-15-4-6-19-21(15)14-5-7-25(23,24)10-14;/h4,6,11-14,16H,1-3,5,7-10,18H2,(H,20,22);1H. The van der Waals surface area contributed by atoms with Gasteiger partial charge >= 0.3 is 0 Å². The van der Waals surface area contributed by atoms with E-state index in [0.29, 0.717) is 24.1 Å². The molecule has 1 aromatic heterocycles. The number of hydrogen-bond acceptors (Lipinski definition) is 5. The van der Waals surface area contributed by atoms with Gasteiger partial charge in [0.1, 0.15) is 5.82 Å². The Labute approximate surface area is 160 Å². The number of halogens is 1. The van der Waals surface area contributed by atoms with E-state index < -0.39 is 9.84 Å². The minimum absolute atomic E-state index is 0. The molecule has 0 spiro atoms. The van der Waals surface area contributed by atoms with Gasteiger partial charge in [-0.25, -0.2) is 13.1 Å². The van der Waals surface area contributed by atoms with Gasteiger partial charge in [0.2, 0.25) is 5.91 Å². The second-order valence-corrected chi connectivity index (χ2v) is 10.1. The highest BCUT2D eigenvalue weighted by atomic mass is 35.5. The van der Waals surface area contributed by atoms with Gasteiger partial charge in [0.15, 0.2) is 9.84 Å². The van der Waals surface area contributed by atoms with E-state index in [1.165, 1.54) is 6.42 Å². The molecule has 9 heteroatoms. The summed E-state index contributed by atoms with van der Waals surface area (Å²) in [5.41, 5.74) is 6.31. The Morgan fingerprint density at radius 1 is 1.23 bits per heavy atom. The Bertz CT molecular complexity index is 752. The number of aromatic nitrogens is 2. The Morgan fingerprint density at radius 3 is 2.54 bits per heavy atom. The van der Waals surface area contributed by atoms with E-state index in [1.54, 1.807) is 16.9 Å². The SMILES string of the molecule is Cl.NC1C2CCCC1CC(C(=O)Nc1ccnn1C1CCS(=O)(=O)C1)C2. The predicted octanol–water partition coefficient (Wildman–Crippen LogP) is 1.76.